The van der Waals surface area contributed by atoms with E-state index in [0.717, 1.165) is 71.0 Å². The van der Waals surface area contributed by atoms with Gasteiger partial charge in [0, 0.05) is 83.3 Å². The fourth-order valence-electron chi connectivity index (χ4n) is 16.1. The van der Waals surface area contributed by atoms with E-state index in [4.69, 9.17) is 5.48 Å². The van der Waals surface area contributed by atoms with Crippen LogP contribution in [0.5, 0.6) is 0 Å². The van der Waals surface area contributed by atoms with Crippen molar-refractivity contribution in [1.82, 2.24) is 13.7 Å². The molecule has 0 unspecified atom stereocenters. The van der Waals surface area contributed by atoms with E-state index in [1.54, 1.807) is 6.07 Å². The molecule has 0 spiro atoms. The highest BCUT2D eigenvalue weighted by molar-refractivity contribution is 7.00. The summed E-state index contributed by atoms with van der Waals surface area (Å²) in [4.78, 5) is 4.01. The van der Waals surface area contributed by atoms with Gasteiger partial charge in [0.05, 0.1) is 71.9 Å². The first-order valence-corrected chi connectivity index (χ1v) is 36.1. The first kappa shape index (κ1) is 46.8. The van der Waals surface area contributed by atoms with E-state index in [2.05, 4.69) is 214 Å². The number of fused-ring (bicyclic) bond motifs is 13. The SMILES string of the molecule is [2H]c1cc(-n2c3c([2H])c([2H])c([2H])c([2H])c3c3c([2H])c([2H])c([2H])c([2H])c32)cc2c1B1c3c(cc(-c4ccc5c(c4)c4ccccc4n5-c4ccccc4)cc3N(c3ccc(C(C)(C)C)cc3-c3ccc(C(C)(C)C)cc3)c3c([2H])c(-n4c5c([2H])c([2H])c([2H])c([2H])c5c5c([2H])c([2H])c([2H])c([2H])c54)c([2H])c([2H])c31)N2c1ccc(C(C)(C)C)cc1-c1ccc(C(C)(C)C)cc1. The van der Waals surface area contributed by atoms with Crippen LogP contribution in [0.1, 0.15) is 133 Å². The Hall–Kier alpha value is -11.9. The monoisotopic (exact) mass is 1390 g/mol. The summed E-state index contributed by atoms with van der Waals surface area (Å²) in [5, 5.41) is 0.837. The van der Waals surface area contributed by atoms with Crippen molar-refractivity contribution in [1.29, 1.82) is 0 Å². The van der Waals surface area contributed by atoms with Gasteiger partial charge in [-0.15, -0.1) is 0 Å². The van der Waals surface area contributed by atoms with E-state index < -0.39 is 138 Å². The number of nitrogens with zero attached hydrogens (tertiary/aromatic N) is 5. The minimum atomic E-state index is -1.39. The Morgan fingerprint density at radius 3 is 1.20 bits per heavy atom. The van der Waals surface area contributed by atoms with Gasteiger partial charge < -0.3 is 23.5 Å². The van der Waals surface area contributed by atoms with E-state index >= 15 is 0 Å². The molecule has 14 aromatic carbocycles. The largest absolute Gasteiger partial charge is 0.311 e. The smallest absolute Gasteiger partial charge is 0.252 e. The Bertz CT molecular complexity index is 7540. The molecule has 0 N–H and O–H groups in total. The van der Waals surface area contributed by atoms with Crippen molar-refractivity contribution >= 4 is 123 Å². The summed E-state index contributed by atoms with van der Waals surface area (Å²) in [5.74, 6) is 0. The molecular formula is C100H86BN5. The minimum Gasteiger partial charge on any atom is -0.311 e. The Balaban J connectivity index is 1.05. The highest BCUT2D eigenvalue weighted by atomic mass is 15.2. The van der Waals surface area contributed by atoms with E-state index in [1.807, 2.05) is 53.4 Å². The number of rotatable bonds is 8. The maximum absolute atomic E-state index is 11.7. The first-order chi connectivity index (χ1) is 59.4. The van der Waals surface area contributed by atoms with Crippen LogP contribution in [0.2, 0.25) is 0 Å². The predicted octanol–water partition coefficient (Wildman–Crippen LogP) is 25.3. The minimum absolute atomic E-state index is 0.00668. The molecule has 514 valence electrons. The molecule has 106 heavy (non-hydrogen) atoms. The summed E-state index contributed by atoms with van der Waals surface area (Å²) in [5.41, 5.74) is 10.6. The normalized spacial score (nSPS) is 15.9. The molecule has 5 heterocycles. The average molecular weight is 1390 g/mol. The van der Waals surface area contributed by atoms with Crippen molar-refractivity contribution in [3.8, 4) is 50.4 Å². The molecule has 0 radical (unpaired) electrons. The Morgan fingerprint density at radius 1 is 0.264 bits per heavy atom. The zero-order valence-electron chi connectivity index (χ0n) is 81.1. The number of para-hydroxylation sites is 6. The lowest BCUT2D eigenvalue weighted by Gasteiger charge is -2.45. The average Bonchev–Trinajstić information content (AvgIpc) is 1.04. The van der Waals surface area contributed by atoms with Crippen LogP contribution in [0.15, 0.2) is 303 Å². The van der Waals surface area contributed by atoms with Gasteiger partial charge in [-0.1, -0.05) is 271 Å². The molecule has 0 fully saturated rings. The summed E-state index contributed by atoms with van der Waals surface area (Å²) in [7, 11) is 0. The van der Waals surface area contributed by atoms with E-state index in [0.29, 0.717) is 44.9 Å². The molecule has 0 saturated carbocycles. The van der Waals surface area contributed by atoms with Crippen LogP contribution in [0.3, 0.4) is 0 Å². The number of anilines is 6. The van der Waals surface area contributed by atoms with Gasteiger partial charge in [-0.25, -0.2) is 0 Å². The number of benzene rings is 14. The third kappa shape index (κ3) is 10.3. The van der Waals surface area contributed by atoms with Gasteiger partial charge in [-0.05, 0) is 198 Å². The molecule has 5 nitrogen and oxygen atoms in total. The lowest BCUT2D eigenvalue weighted by atomic mass is 9.33. The third-order valence-corrected chi connectivity index (χ3v) is 21.6. The number of aromatic nitrogens is 3. The highest BCUT2D eigenvalue weighted by Gasteiger charge is 2.45. The Labute approximate surface area is 651 Å². The van der Waals surface area contributed by atoms with Crippen LogP contribution in [-0.4, -0.2) is 20.4 Å². The van der Waals surface area contributed by atoms with Gasteiger partial charge in [0.1, 0.15) is 0 Å². The molecule has 0 atom stereocenters. The van der Waals surface area contributed by atoms with Gasteiger partial charge in [0.25, 0.3) is 6.71 Å². The fraction of sp³-hybridized carbons (Fsp3) is 0.160. The lowest BCUT2D eigenvalue weighted by Crippen LogP contribution is -2.61. The van der Waals surface area contributed by atoms with Gasteiger partial charge in [-0.3, -0.25) is 0 Å². The second-order valence-corrected chi connectivity index (χ2v) is 32.3. The quantitative estimate of drug-likeness (QED) is 0.141. The molecule has 17 aromatic rings. The molecule has 0 saturated heterocycles. The van der Waals surface area contributed by atoms with Crippen molar-refractivity contribution in [2.75, 3.05) is 9.80 Å². The van der Waals surface area contributed by atoms with Crippen molar-refractivity contribution in [3.63, 3.8) is 0 Å². The van der Waals surface area contributed by atoms with E-state index in [1.165, 1.54) is 10.6 Å². The molecule has 19 rings (SSSR count). The molecule has 0 amide bonds. The van der Waals surface area contributed by atoms with Crippen LogP contribution in [0, 0.1) is 0 Å². The standard InChI is InChI=1S/C100H86BN5/c1-97(2,3)67-43-38-63(39-44-67)79-59-69(99(7,8)9)47-54-89(79)105-92-61-72(103-84-33-21-16-28-74(84)75-29-17-22-34-85(75)103)49-51-82(92)101-83-52-50-73(104-86-35-23-18-30-76(86)77-31-19-24-36-87(77)104)62-93(83)106(90-55-48-70(100(10,11)12)60-80(90)64-40-45-68(46-41-64)98(4,5)6)95-58-66(57-94(105)96(95)101)65-42-53-91-81(56-65)78-32-20-25-37-88(78)102(91)71-26-14-13-15-27-71/h13-62H,1-12H3/i16D,17D,18D,19D,21D,22D,23D,24D,28D,29D,30D,31D,33D,34D,35D,36D,49D,51D,52D,61D. The second-order valence-electron chi connectivity index (χ2n) is 32.3. The van der Waals surface area contributed by atoms with Crippen LogP contribution in [0.25, 0.3) is 116 Å². The van der Waals surface area contributed by atoms with Crippen molar-refractivity contribution in [2.45, 2.75) is 105 Å². The van der Waals surface area contributed by atoms with Crippen molar-refractivity contribution in [3.05, 3.63) is 325 Å². The summed E-state index contributed by atoms with van der Waals surface area (Å²) in [6.45, 7) is 24.2. The topological polar surface area (TPSA) is 21.3 Å². The van der Waals surface area contributed by atoms with Crippen LogP contribution < -0.4 is 26.2 Å². The predicted molar refractivity (Wildman–Crippen MR) is 455 cm³/mol. The molecule has 2 aliphatic rings. The summed E-state index contributed by atoms with van der Waals surface area (Å²) >= 11 is 0. The van der Waals surface area contributed by atoms with E-state index in [9.17, 15) is 21.9 Å². The maximum Gasteiger partial charge on any atom is 0.252 e. The lowest BCUT2D eigenvalue weighted by molar-refractivity contribution is 0.589. The van der Waals surface area contributed by atoms with E-state index in [-0.39, 0.29) is 88.5 Å². The Kier molecular flexibility index (Phi) is 10.5. The zero-order valence-corrected chi connectivity index (χ0v) is 61.1. The van der Waals surface area contributed by atoms with Gasteiger partial charge >= 0.3 is 0 Å². The highest BCUT2D eigenvalue weighted by Crippen LogP contribution is 2.53. The number of hydrogen-bond donors (Lipinski definition) is 0. The molecule has 2 aliphatic heterocycles. The molecule has 3 aromatic heterocycles. The Morgan fingerprint density at radius 2 is 0.689 bits per heavy atom. The fourth-order valence-corrected chi connectivity index (χ4v) is 16.1. The van der Waals surface area contributed by atoms with Crippen molar-refractivity contribution in [2.24, 2.45) is 0 Å². The summed E-state index contributed by atoms with van der Waals surface area (Å²) in [6, 6.07) is 48.7. The van der Waals surface area contributed by atoms with Crippen LogP contribution in [0.4, 0.5) is 34.1 Å². The van der Waals surface area contributed by atoms with Crippen molar-refractivity contribution < 1.29 is 27.4 Å². The second kappa shape index (κ2) is 23.8. The van der Waals surface area contributed by atoms with Crippen LogP contribution in [-0.2, 0) is 21.7 Å². The first-order valence-electron chi connectivity index (χ1n) is 46.1. The van der Waals surface area contributed by atoms with Gasteiger partial charge in [0.2, 0.25) is 0 Å². The summed E-state index contributed by atoms with van der Waals surface area (Å²) in [6.07, 6.45) is 0. The maximum atomic E-state index is 11.7. The van der Waals surface area contributed by atoms with Gasteiger partial charge in [0.15, 0.2) is 0 Å². The van der Waals surface area contributed by atoms with Gasteiger partial charge in [-0.2, -0.15) is 0 Å². The number of hydrogen-bond acceptors (Lipinski definition) is 2. The molecular weight excluding hydrogens is 1280 g/mol. The molecule has 0 bridgehead atoms. The molecule has 0 aliphatic carbocycles. The third-order valence-electron chi connectivity index (χ3n) is 21.6. The summed E-state index contributed by atoms with van der Waals surface area (Å²) < 4.78 is 202. The zero-order chi connectivity index (χ0) is 89.9. The van der Waals surface area contributed by atoms with Crippen LogP contribution >= 0.6 is 0 Å². The molecule has 6 heteroatoms.